The zero-order valence-electron chi connectivity index (χ0n) is 14.2. The number of carbonyl (C=O) groups is 1. The van der Waals surface area contributed by atoms with Gasteiger partial charge in [0.15, 0.2) is 0 Å². The van der Waals surface area contributed by atoms with Crippen LogP contribution < -0.4 is 0 Å². The molecule has 1 aromatic carbocycles. The quantitative estimate of drug-likeness (QED) is 0.740. The summed E-state index contributed by atoms with van der Waals surface area (Å²) in [6.07, 6.45) is 3.58. The molecule has 0 radical (unpaired) electrons. The van der Waals surface area contributed by atoms with E-state index in [9.17, 15) is 18.0 Å². The van der Waals surface area contributed by atoms with Gasteiger partial charge in [0.25, 0.3) is 5.91 Å². The molecule has 2 aliphatic carbocycles. The van der Waals surface area contributed by atoms with E-state index < -0.39 is 12.8 Å². The van der Waals surface area contributed by atoms with Crippen LogP contribution in [0.2, 0.25) is 0 Å². The molecule has 0 heterocycles. The van der Waals surface area contributed by atoms with Crippen molar-refractivity contribution in [1.29, 1.82) is 0 Å². The highest BCUT2D eigenvalue weighted by Gasteiger charge is 2.38. The van der Waals surface area contributed by atoms with Crippen molar-refractivity contribution < 1.29 is 22.7 Å². The Hall–Kier alpha value is -1.56. The summed E-state index contributed by atoms with van der Waals surface area (Å²) in [5, 5.41) is 0. The van der Waals surface area contributed by atoms with Crippen molar-refractivity contribution in [3.8, 4) is 0 Å². The zero-order chi connectivity index (χ0) is 17.9. The molecule has 2 aliphatic rings. The minimum absolute atomic E-state index is 0.0529. The summed E-state index contributed by atoms with van der Waals surface area (Å²) >= 11 is 0. The molecule has 0 bridgehead atoms. The molecule has 2 saturated carbocycles. The van der Waals surface area contributed by atoms with E-state index in [0.717, 1.165) is 25.7 Å². The van der Waals surface area contributed by atoms with Crippen LogP contribution in [0.1, 0.15) is 60.9 Å². The average Bonchev–Trinajstić information content (AvgIpc) is 3.40. The predicted molar refractivity (Wildman–Crippen MR) is 88.2 cm³/mol. The molecule has 2 fully saturated rings. The first-order valence-electron chi connectivity index (χ1n) is 9.00. The van der Waals surface area contributed by atoms with Crippen LogP contribution in [0.4, 0.5) is 13.2 Å². The molecule has 1 aromatic rings. The van der Waals surface area contributed by atoms with Gasteiger partial charge in [-0.3, -0.25) is 4.79 Å². The zero-order valence-corrected chi connectivity index (χ0v) is 14.2. The van der Waals surface area contributed by atoms with Gasteiger partial charge in [0.1, 0.15) is 6.61 Å². The lowest BCUT2D eigenvalue weighted by atomic mass is 9.93. The molecule has 0 aromatic heterocycles. The maximum atomic E-state index is 12.9. The summed E-state index contributed by atoms with van der Waals surface area (Å²) in [6.45, 7) is -1.37. The Bertz CT molecular complexity index is 575. The van der Waals surface area contributed by atoms with Gasteiger partial charge in [0.2, 0.25) is 0 Å². The molecule has 0 unspecified atom stereocenters. The molecule has 3 rings (SSSR count). The van der Waals surface area contributed by atoms with E-state index in [-0.39, 0.29) is 12.5 Å². The first-order valence-corrected chi connectivity index (χ1v) is 9.00. The van der Waals surface area contributed by atoms with Crippen molar-refractivity contribution in [3.63, 3.8) is 0 Å². The molecule has 6 heteroatoms. The summed E-state index contributed by atoms with van der Waals surface area (Å²) in [7, 11) is 0. The Balaban J connectivity index is 1.61. The second-order valence-corrected chi connectivity index (χ2v) is 7.04. The first-order chi connectivity index (χ1) is 11.9. The van der Waals surface area contributed by atoms with E-state index in [0.29, 0.717) is 23.2 Å². The number of nitrogens with zero attached hydrogens (tertiary/aromatic N) is 1. The molecule has 0 N–H and O–H groups in total. The molecule has 0 spiro atoms. The van der Waals surface area contributed by atoms with Crippen LogP contribution in [-0.2, 0) is 11.3 Å². The standard InChI is InChI=1S/C19H24F3NO2/c20-19(21,22)13-25-12-14-6-8-15(9-7-14)18(24)23(17-10-11-17)16-4-2-1-3-5-16/h6-9,16-17H,1-5,10-13H2. The third kappa shape index (κ3) is 5.21. The fourth-order valence-corrected chi connectivity index (χ4v) is 3.52. The smallest absolute Gasteiger partial charge is 0.367 e. The molecule has 0 saturated heterocycles. The Morgan fingerprint density at radius 3 is 2.16 bits per heavy atom. The Morgan fingerprint density at radius 1 is 1.00 bits per heavy atom. The molecule has 138 valence electrons. The monoisotopic (exact) mass is 355 g/mol. The van der Waals surface area contributed by atoms with Gasteiger partial charge in [0, 0.05) is 17.6 Å². The van der Waals surface area contributed by atoms with Crippen molar-refractivity contribution in [2.45, 2.75) is 69.8 Å². The van der Waals surface area contributed by atoms with Crippen molar-refractivity contribution in [1.82, 2.24) is 4.90 Å². The van der Waals surface area contributed by atoms with Gasteiger partial charge >= 0.3 is 6.18 Å². The summed E-state index contributed by atoms with van der Waals surface area (Å²) in [5.74, 6) is 0.0529. The molecule has 3 nitrogen and oxygen atoms in total. The number of hydrogen-bond acceptors (Lipinski definition) is 2. The van der Waals surface area contributed by atoms with E-state index in [1.54, 1.807) is 24.3 Å². The fourth-order valence-electron chi connectivity index (χ4n) is 3.52. The normalized spacial score (nSPS) is 19.0. The molecule has 0 atom stereocenters. The van der Waals surface area contributed by atoms with Crippen LogP contribution in [0.3, 0.4) is 0 Å². The van der Waals surface area contributed by atoms with Crippen molar-refractivity contribution in [3.05, 3.63) is 35.4 Å². The van der Waals surface area contributed by atoms with E-state index in [1.165, 1.54) is 19.3 Å². The summed E-state index contributed by atoms with van der Waals surface area (Å²) in [6, 6.07) is 7.46. The third-order valence-corrected chi connectivity index (χ3v) is 4.88. The maximum Gasteiger partial charge on any atom is 0.411 e. The summed E-state index contributed by atoms with van der Waals surface area (Å²) in [5.41, 5.74) is 1.24. The average molecular weight is 355 g/mol. The van der Waals surface area contributed by atoms with Gasteiger partial charge in [-0.1, -0.05) is 31.4 Å². The van der Waals surface area contributed by atoms with Crippen LogP contribution in [0.5, 0.6) is 0 Å². The number of halogens is 3. The van der Waals surface area contributed by atoms with E-state index in [1.807, 2.05) is 0 Å². The van der Waals surface area contributed by atoms with Crippen molar-refractivity contribution >= 4 is 5.91 Å². The first kappa shape index (κ1) is 18.2. The lowest BCUT2D eigenvalue weighted by Gasteiger charge is -2.34. The fraction of sp³-hybridized carbons (Fsp3) is 0.632. The second-order valence-electron chi connectivity index (χ2n) is 7.04. The highest BCUT2D eigenvalue weighted by atomic mass is 19.4. The van der Waals surface area contributed by atoms with Gasteiger partial charge < -0.3 is 9.64 Å². The lowest BCUT2D eigenvalue weighted by Crippen LogP contribution is -2.43. The van der Waals surface area contributed by atoms with Gasteiger partial charge in [-0.25, -0.2) is 0 Å². The number of hydrogen-bond donors (Lipinski definition) is 0. The molecular weight excluding hydrogens is 331 g/mol. The number of benzene rings is 1. The van der Waals surface area contributed by atoms with Gasteiger partial charge in [-0.15, -0.1) is 0 Å². The SMILES string of the molecule is O=C(c1ccc(COCC(F)(F)F)cc1)N(C1CCCCC1)C1CC1. The second kappa shape index (κ2) is 7.77. The minimum Gasteiger partial charge on any atom is -0.367 e. The van der Waals surface area contributed by atoms with E-state index in [2.05, 4.69) is 9.64 Å². The minimum atomic E-state index is -4.32. The Morgan fingerprint density at radius 2 is 1.60 bits per heavy atom. The van der Waals surface area contributed by atoms with Crippen LogP contribution in [-0.4, -0.2) is 35.7 Å². The van der Waals surface area contributed by atoms with E-state index >= 15 is 0 Å². The Labute approximate surface area is 146 Å². The largest absolute Gasteiger partial charge is 0.411 e. The van der Waals surface area contributed by atoms with Crippen LogP contribution in [0.15, 0.2) is 24.3 Å². The highest BCUT2D eigenvalue weighted by Crippen LogP contribution is 2.35. The maximum absolute atomic E-state index is 12.9. The third-order valence-electron chi connectivity index (χ3n) is 4.88. The highest BCUT2D eigenvalue weighted by molar-refractivity contribution is 5.94. The number of alkyl halides is 3. The number of rotatable bonds is 6. The number of ether oxygens (including phenoxy) is 1. The van der Waals surface area contributed by atoms with Gasteiger partial charge in [-0.2, -0.15) is 13.2 Å². The lowest BCUT2D eigenvalue weighted by molar-refractivity contribution is -0.176. The van der Waals surface area contributed by atoms with E-state index in [4.69, 9.17) is 0 Å². The van der Waals surface area contributed by atoms with Gasteiger partial charge in [-0.05, 0) is 43.4 Å². The van der Waals surface area contributed by atoms with Crippen LogP contribution in [0, 0.1) is 0 Å². The van der Waals surface area contributed by atoms with Crippen molar-refractivity contribution in [2.24, 2.45) is 0 Å². The molecule has 25 heavy (non-hydrogen) atoms. The topological polar surface area (TPSA) is 29.5 Å². The summed E-state index contributed by atoms with van der Waals surface area (Å²) < 4.78 is 41.0. The molecular formula is C19H24F3NO2. The summed E-state index contributed by atoms with van der Waals surface area (Å²) in [4.78, 5) is 15.0. The predicted octanol–water partition coefficient (Wildman–Crippen LogP) is 4.70. The molecule has 0 aliphatic heterocycles. The number of carbonyl (C=O) groups excluding carboxylic acids is 1. The van der Waals surface area contributed by atoms with Crippen molar-refractivity contribution in [2.75, 3.05) is 6.61 Å². The molecule has 1 amide bonds. The number of amides is 1. The van der Waals surface area contributed by atoms with Crippen LogP contribution in [0.25, 0.3) is 0 Å². The van der Waals surface area contributed by atoms with Gasteiger partial charge in [0.05, 0.1) is 6.61 Å². The van der Waals surface area contributed by atoms with Crippen LogP contribution >= 0.6 is 0 Å². The Kier molecular flexibility index (Phi) is 5.67.